The summed E-state index contributed by atoms with van der Waals surface area (Å²) < 4.78 is 0. The molecule has 3 aliphatic heterocycles. The number of hydrogen-bond donors (Lipinski definition) is 1. The zero-order chi connectivity index (χ0) is 22.0. The predicted octanol–water partition coefficient (Wildman–Crippen LogP) is 5.83. The molecule has 0 aliphatic carbocycles. The van der Waals surface area contributed by atoms with Crippen molar-refractivity contribution in [2.75, 3.05) is 25.4 Å². The van der Waals surface area contributed by atoms with Gasteiger partial charge in [-0.3, -0.25) is 4.99 Å². The Morgan fingerprint density at radius 1 is 1.12 bits per heavy atom. The molecule has 2 unspecified atom stereocenters. The Kier molecular flexibility index (Phi) is 6.56. The molecule has 0 saturated carbocycles. The quantitative estimate of drug-likeness (QED) is 0.618. The average Bonchev–Trinajstić information content (AvgIpc) is 2.98. The van der Waals surface area contributed by atoms with Crippen LogP contribution >= 0.6 is 23.4 Å². The van der Waals surface area contributed by atoms with E-state index in [1.54, 1.807) is 0 Å². The van der Waals surface area contributed by atoms with E-state index in [1.165, 1.54) is 16.0 Å². The molecule has 0 aromatic heterocycles. The first kappa shape index (κ1) is 22.0. The Morgan fingerprint density at radius 2 is 1.91 bits per heavy atom. The van der Waals surface area contributed by atoms with Gasteiger partial charge in [0.2, 0.25) is 0 Å². The van der Waals surface area contributed by atoms with Gasteiger partial charge in [0.1, 0.15) is 0 Å². The van der Waals surface area contributed by atoms with Crippen LogP contribution < -0.4 is 0 Å². The van der Waals surface area contributed by atoms with Crippen molar-refractivity contribution in [1.29, 1.82) is 0 Å². The molecule has 32 heavy (non-hydrogen) atoms. The first-order valence-electron chi connectivity index (χ1n) is 11.5. The van der Waals surface area contributed by atoms with Gasteiger partial charge in [-0.25, -0.2) is 0 Å². The number of likely N-dealkylation sites (tertiary alicyclic amines) is 1. The third kappa shape index (κ3) is 4.60. The van der Waals surface area contributed by atoms with Gasteiger partial charge in [-0.1, -0.05) is 54.1 Å². The van der Waals surface area contributed by atoms with Gasteiger partial charge < -0.3 is 10.0 Å². The van der Waals surface area contributed by atoms with Crippen LogP contribution in [-0.4, -0.2) is 47.7 Å². The zero-order valence-electron chi connectivity index (χ0n) is 18.2. The van der Waals surface area contributed by atoms with Crippen LogP contribution in [0.3, 0.4) is 0 Å². The normalized spacial score (nSPS) is 25.9. The lowest BCUT2D eigenvalue weighted by atomic mass is 9.84. The number of benzene rings is 2. The summed E-state index contributed by atoms with van der Waals surface area (Å²) >= 11 is 7.94. The highest BCUT2D eigenvalue weighted by atomic mass is 35.5. The summed E-state index contributed by atoms with van der Waals surface area (Å²) in [5, 5.41) is 11.9. The van der Waals surface area contributed by atoms with E-state index in [0.29, 0.717) is 17.0 Å². The average molecular weight is 465 g/mol. The van der Waals surface area contributed by atoms with E-state index in [9.17, 15) is 5.11 Å². The third-order valence-electron chi connectivity index (χ3n) is 6.94. The van der Waals surface area contributed by atoms with Crippen LogP contribution in [0.2, 0.25) is 5.02 Å². The monoisotopic (exact) mass is 464 g/mol. The van der Waals surface area contributed by atoms with E-state index in [-0.39, 0.29) is 0 Å². The van der Waals surface area contributed by atoms with Crippen molar-refractivity contribution in [3.63, 3.8) is 0 Å². The van der Waals surface area contributed by atoms with Gasteiger partial charge in [-0.15, -0.1) is 11.8 Å². The van der Waals surface area contributed by atoms with Crippen LogP contribution in [0.4, 0.5) is 0 Å². The highest BCUT2D eigenvalue weighted by Crippen LogP contribution is 2.41. The maximum Gasteiger partial charge on any atom is 0.0920 e. The van der Waals surface area contributed by atoms with Gasteiger partial charge in [0.15, 0.2) is 0 Å². The molecule has 2 aromatic carbocycles. The van der Waals surface area contributed by atoms with Crippen molar-refractivity contribution in [2.24, 2.45) is 10.9 Å². The number of thioether (sulfide) groups is 1. The number of aliphatic hydroxyl groups is 1. The number of nitrogens with zero attached hydrogens (tertiary/aromatic N) is 2. The van der Waals surface area contributed by atoms with Crippen LogP contribution in [0.5, 0.6) is 0 Å². The number of halogens is 1. The smallest absolute Gasteiger partial charge is 0.0920 e. The minimum Gasteiger partial charge on any atom is -0.385 e. The molecular formula is C27H29ClN2OS. The van der Waals surface area contributed by atoms with E-state index < -0.39 is 5.60 Å². The van der Waals surface area contributed by atoms with Gasteiger partial charge >= 0.3 is 0 Å². The topological polar surface area (TPSA) is 35.8 Å². The Balaban J connectivity index is 1.26. The molecule has 5 rings (SSSR count). The molecule has 0 bridgehead atoms. The van der Waals surface area contributed by atoms with Crippen LogP contribution in [0, 0.1) is 5.92 Å². The van der Waals surface area contributed by atoms with E-state index in [1.807, 2.05) is 42.2 Å². The van der Waals surface area contributed by atoms with Crippen molar-refractivity contribution in [2.45, 2.75) is 35.8 Å². The summed E-state index contributed by atoms with van der Waals surface area (Å²) in [7, 11) is 0. The summed E-state index contributed by atoms with van der Waals surface area (Å²) in [4.78, 5) is 8.61. The first-order valence-corrected chi connectivity index (χ1v) is 12.8. The molecular weight excluding hydrogens is 436 g/mol. The number of piperidine rings is 1. The van der Waals surface area contributed by atoms with Crippen molar-refractivity contribution < 1.29 is 5.11 Å². The standard InChI is InChI=1S/C27H29ClN2OS/c28-21-11-9-20(10-12-21)27(31)13-17-30(18-14-27)16-4-7-22-23-6-3-15-29-25(23)19-32-26-8-2-1-5-24(22)26/h1-3,5-12,15,23,25,31H,4,13-14,16-19H2/b22-7+. The molecule has 2 aromatic rings. The third-order valence-corrected chi connectivity index (χ3v) is 8.36. The number of hydrogen-bond acceptors (Lipinski definition) is 4. The predicted molar refractivity (Wildman–Crippen MR) is 136 cm³/mol. The van der Waals surface area contributed by atoms with Crippen molar-refractivity contribution in [1.82, 2.24) is 4.90 Å². The summed E-state index contributed by atoms with van der Waals surface area (Å²) in [6, 6.07) is 16.7. The van der Waals surface area contributed by atoms with Crippen LogP contribution in [-0.2, 0) is 5.60 Å². The molecule has 1 saturated heterocycles. The van der Waals surface area contributed by atoms with E-state index in [2.05, 4.69) is 47.4 Å². The maximum atomic E-state index is 11.1. The molecule has 3 nitrogen and oxygen atoms in total. The summed E-state index contributed by atoms with van der Waals surface area (Å²) in [5.74, 6) is 1.38. The second kappa shape index (κ2) is 9.56. The lowest BCUT2D eigenvalue weighted by Gasteiger charge is -2.38. The lowest BCUT2D eigenvalue weighted by Crippen LogP contribution is -2.42. The molecule has 1 N–H and O–H groups in total. The van der Waals surface area contributed by atoms with Crippen molar-refractivity contribution in [3.05, 3.63) is 82.9 Å². The summed E-state index contributed by atoms with van der Waals surface area (Å²) in [5.41, 5.74) is 3.02. The molecule has 0 amide bonds. The molecule has 0 spiro atoms. The molecule has 3 aliphatic rings. The second-order valence-electron chi connectivity index (χ2n) is 8.91. The number of rotatable bonds is 4. The number of allylic oxidation sites excluding steroid dienone is 1. The van der Waals surface area contributed by atoms with Crippen LogP contribution in [0.1, 0.15) is 30.4 Å². The Morgan fingerprint density at radius 3 is 2.72 bits per heavy atom. The number of aliphatic imine (C=N–C) groups is 1. The maximum absolute atomic E-state index is 11.1. The van der Waals surface area contributed by atoms with Crippen LogP contribution in [0.25, 0.3) is 5.57 Å². The van der Waals surface area contributed by atoms with E-state index in [0.717, 1.165) is 50.2 Å². The van der Waals surface area contributed by atoms with Crippen LogP contribution in [0.15, 0.2) is 76.6 Å². The Hall–Kier alpha value is -1.85. The minimum atomic E-state index is -0.741. The minimum absolute atomic E-state index is 0.313. The van der Waals surface area contributed by atoms with Crippen molar-refractivity contribution >= 4 is 35.2 Å². The highest BCUT2D eigenvalue weighted by Gasteiger charge is 2.34. The fraction of sp³-hybridized carbons (Fsp3) is 0.370. The van der Waals surface area contributed by atoms with E-state index >= 15 is 0 Å². The Labute approximate surface area is 199 Å². The van der Waals surface area contributed by atoms with Gasteiger partial charge in [0.25, 0.3) is 0 Å². The largest absolute Gasteiger partial charge is 0.385 e. The fourth-order valence-corrected chi connectivity index (χ4v) is 6.32. The molecule has 2 atom stereocenters. The molecule has 3 heterocycles. The van der Waals surface area contributed by atoms with E-state index in [4.69, 9.17) is 16.6 Å². The lowest BCUT2D eigenvalue weighted by molar-refractivity contribution is -0.0254. The fourth-order valence-electron chi connectivity index (χ4n) is 5.04. The Bertz CT molecular complexity index is 1040. The van der Waals surface area contributed by atoms with Crippen molar-refractivity contribution in [3.8, 4) is 0 Å². The van der Waals surface area contributed by atoms with Gasteiger partial charge in [-0.2, -0.15) is 0 Å². The SMILES string of the molecule is OC1(c2ccc(Cl)cc2)CCN(CC/C=C2/c3ccccc3SCC3N=CC=CC23)CC1. The molecule has 1 fully saturated rings. The first-order chi connectivity index (χ1) is 15.6. The highest BCUT2D eigenvalue weighted by molar-refractivity contribution is 7.99. The summed E-state index contributed by atoms with van der Waals surface area (Å²) in [6.45, 7) is 2.83. The second-order valence-corrected chi connectivity index (χ2v) is 10.4. The van der Waals surface area contributed by atoms with Gasteiger partial charge in [-0.05, 0) is 60.2 Å². The number of dihydropyridines is 1. The van der Waals surface area contributed by atoms with Gasteiger partial charge in [0.05, 0.1) is 11.6 Å². The molecule has 166 valence electrons. The molecule has 5 heteroatoms. The zero-order valence-corrected chi connectivity index (χ0v) is 19.7. The van der Waals surface area contributed by atoms with Gasteiger partial charge in [0, 0.05) is 47.4 Å². The molecule has 0 radical (unpaired) electrons. The number of fused-ring (bicyclic) bond motifs is 2. The summed E-state index contributed by atoms with van der Waals surface area (Å²) in [6.07, 6.45) is 11.3.